The molecule has 0 radical (unpaired) electrons. The number of hydrogen-bond acceptors (Lipinski definition) is 3. The zero-order valence-electron chi connectivity index (χ0n) is 7.73. The molecule has 0 aliphatic rings. The van der Waals surface area contributed by atoms with Crippen molar-refractivity contribution in [1.82, 2.24) is 4.57 Å². The molecule has 5 nitrogen and oxygen atoms in total. The molecule has 0 spiro atoms. The highest BCUT2D eigenvalue weighted by Crippen LogP contribution is 2.19. The number of pyridine rings is 1. The molecule has 0 amide bonds. The van der Waals surface area contributed by atoms with Crippen molar-refractivity contribution >= 4 is 17.3 Å². The molecular formula is C8H9ClN2O3. The first kappa shape index (κ1) is 10.7. The van der Waals surface area contributed by atoms with Gasteiger partial charge in [-0.25, -0.2) is 0 Å². The summed E-state index contributed by atoms with van der Waals surface area (Å²) in [6, 6.07) is 1.22. The highest BCUT2D eigenvalue weighted by molar-refractivity contribution is 6.32. The molecule has 14 heavy (non-hydrogen) atoms. The van der Waals surface area contributed by atoms with Crippen LogP contribution in [0.5, 0.6) is 0 Å². The van der Waals surface area contributed by atoms with Crippen molar-refractivity contribution in [3.8, 4) is 0 Å². The van der Waals surface area contributed by atoms with E-state index in [-0.39, 0.29) is 11.1 Å². The first-order valence-corrected chi connectivity index (χ1v) is 4.38. The quantitative estimate of drug-likeness (QED) is 0.561. The fourth-order valence-electron chi connectivity index (χ4n) is 1.09. The Labute approximate surface area is 85.1 Å². The molecular weight excluding hydrogens is 208 g/mol. The summed E-state index contributed by atoms with van der Waals surface area (Å²) in [4.78, 5) is 21.3. The minimum atomic E-state index is -0.760. The third kappa shape index (κ3) is 1.77. The van der Waals surface area contributed by atoms with Crippen LogP contribution in [0, 0.1) is 10.1 Å². The van der Waals surface area contributed by atoms with E-state index in [9.17, 15) is 14.9 Å². The van der Waals surface area contributed by atoms with E-state index in [1.54, 1.807) is 13.8 Å². The molecule has 0 saturated heterocycles. The molecule has 1 rings (SSSR count). The summed E-state index contributed by atoms with van der Waals surface area (Å²) in [5, 5.41) is 10.4. The average molecular weight is 217 g/mol. The predicted molar refractivity (Wildman–Crippen MR) is 52.8 cm³/mol. The maximum Gasteiger partial charge on any atom is 0.352 e. The first-order valence-electron chi connectivity index (χ1n) is 4.00. The third-order valence-corrected chi connectivity index (χ3v) is 2.09. The lowest BCUT2D eigenvalue weighted by Gasteiger charge is -2.08. The van der Waals surface area contributed by atoms with Crippen molar-refractivity contribution in [3.63, 3.8) is 0 Å². The Morgan fingerprint density at radius 1 is 1.57 bits per heavy atom. The maximum atomic E-state index is 11.5. The Kier molecular flexibility index (Phi) is 2.90. The predicted octanol–water partition coefficient (Wildman–Crippen LogP) is 1.99. The number of nitrogens with zero attached hydrogens (tertiary/aromatic N) is 2. The first-order chi connectivity index (χ1) is 6.45. The Morgan fingerprint density at radius 3 is 2.57 bits per heavy atom. The van der Waals surface area contributed by atoms with Gasteiger partial charge in [0.25, 0.3) is 0 Å². The topological polar surface area (TPSA) is 65.1 Å². The van der Waals surface area contributed by atoms with Crippen LogP contribution in [-0.4, -0.2) is 9.49 Å². The zero-order chi connectivity index (χ0) is 10.9. The summed E-state index contributed by atoms with van der Waals surface area (Å²) in [5.74, 6) is 0. The van der Waals surface area contributed by atoms with Crippen LogP contribution in [0.3, 0.4) is 0 Å². The normalized spacial score (nSPS) is 10.6. The van der Waals surface area contributed by atoms with Gasteiger partial charge in [0.05, 0.1) is 4.92 Å². The second-order valence-electron chi connectivity index (χ2n) is 3.08. The van der Waals surface area contributed by atoms with E-state index in [0.29, 0.717) is 0 Å². The lowest BCUT2D eigenvalue weighted by Crippen LogP contribution is -2.23. The van der Waals surface area contributed by atoms with Gasteiger partial charge in [-0.1, -0.05) is 11.6 Å². The lowest BCUT2D eigenvalue weighted by molar-refractivity contribution is -0.386. The fourth-order valence-corrected chi connectivity index (χ4v) is 1.29. The number of halogens is 1. The van der Waals surface area contributed by atoms with Gasteiger partial charge in [0, 0.05) is 12.2 Å². The fraction of sp³-hybridized carbons (Fsp3) is 0.375. The van der Waals surface area contributed by atoms with Gasteiger partial charge in [-0.15, -0.1) is 0 Å². The summed E-state index contributed by atoms with van der Waals surface area (Å²) in [7, 11) is 0. The molecule has 0 bridgehead atoms. The van der Waals surface area contributed by atoms with E-state index in [1.807, 2.05) is 0 Å². The molecule has 1 aromatic heterocycles. The van der Waals surface area contributed by atoms with E-state index in [2.05, 4.69) is 0 Å². The molecule has 0 aliphatic heterocycles. The Hall–Kier alpha value is -1.36. The van der Waals surface area contributed by atoms with Gasteiger partial charge in [0.15, 0.2) is 0 Å². The van der Waals surface area contributed by atoms with Crippen molar-refractivity contribution in [1.29, 1.82) is 0 Å². The average Bonchev–Trinajstić information content (AvgIpc) is 2.02. The number of nitro groups is 1. The van der Waals surface area contributed by atoms with Crippen molar-refractivity contribution < 1.29 is 4.92 Å². The van der Waals surface area contributed by atoms with E-state index in [0.717, 1.165) is 0 Å². The molecule has 0 unspecified atom stereocenters. The van der Waals surface area contributed by atoms with Gasteiger partial charge >= 0.3 is 11.2 Å². The van der Waals surface area contributed by atoms with Crippen LogP contribution in [0.1, 0.15) is 19.9 Å². The molecule has 6 heteroatoms. The molecule has 76 valence electrons. The Morgan fingerprint density at radius 2 is 2.14 bits per heavy atom. The van der Waals surface area contributed by atoms with E-state index in [1.165, 1.54) is 16.8 Å². The van der Waals surface area contributed by atoms with Gasteiger partial charge in [0.1, 0.15) is 5.02 Å². The largest absolute Gasteiger partial charge is 0.352 e. The number of rotatable bonds is 2. The van der Waals surface area contributed by atoms with Crippen LogP contribution < -0.4 is 5.56 Å². The summed E-state index contributed by atoms with van der Waals surface area (Å²) in [6.07, 6.45) is 1.45. The molecule has 1 aromatic rings. The van der Waals surface area contributed by atoms with Crippen LogP contribution in [0.2, 0.25) is 5.02 Å². The van der Waals surface area contributed by atoms with Crippen molar-refractivity contribution in [2.24, 2.45) is 0 Å². The van der Waals surface area contributed by atoms with E-state index in [4.69, 9.17) is 11.6 Å². The van der Waals surface area contributed by atoms with Gasteiger partial charge in [-0.2, -0.15) is 0 Å². The van der Waals surface area contributed by atoms with Crippen molar-refractivity contribution in [3.05, 3.63) is 37.8 Å². The molecule has 1 heterocycles. The zero-order valence-corrected chi connectivity index (χ0v) is 8.49. The van der Waals surface area contributed by atoms with Crippen LogP contribution in [-0.2, 0) is 0 Å². The second kappa shape index (κ2) is 3.79. The van der Waals surface area contributed by atoms with Gasteiger partial charge < -0.3 is 4.57 Å². The minimum absolute atomic E-state index is 0.126. The van der Waals surface area contributed by atoms with Gasteiger partial charge in [0.2, 0.25) is 0 Å². The number of hydrogen-bond donors (Lipinski definition) is 0. The highest BCUT2D eigenvalue weighted by atomic mass is 35.5. The van der Waals surface area contributed by atoms with Crippen molar-refractivity contribution in [2.45, 2.75) is 19.9 Å². The summed E-state index contributed by atoms with van der Waals surface area (Å²) >= 11 is 5.55. The van der Waals surface area contributed by atoms with Crippen LogP contribution in [0.25, 0.3) is 0 Å². The monoisotopic (exact) mass is 216 g/mol. The second-order valence-corrected chi connectivity index (χ2v) is 3.48. The standard InChI is InChI=1S/C8H9ClN2O3/c1-5(2)10-4-3-6(9)7(8(10)12)11(13)14/h3-5H,1-2H3. The molecule has 0 atom stereocenters. The highest BCUT2D eigenvalue weighted by Gasteiger charge is 2.20. The Bertz CT molecular complexity index is 425. The number of aromatic nitrogens is 1. The SMILES string of the molecule is CC(C)n1ccc(Cl)c([N+](=O)[O-])c1=O. The molecule has 0 aliphatic carbocycles. The summed E-state index contributed by atoms with van der Waals surface area (Å²) in [5.41, 5.74) is -1.24. The van der Waals surface area contributed by atoms with E-state index >= 15 is 0 Å². The molecule has 0 aromatic carbocycles. The minimum Gasteiger partial charge on any atom is -0.307 e. The molecule has 0 N–H and O–H groups in total. The van der Waals surface area contributed by atoms with Gasteiger partial charge in [-0.05, 0) is 19.9 Å². The van der Waals surface area contributed by atoms with E-state index < -0.39 is 16.2 Å². The van der Waals surface area contributed by atoms with Crippen LogP contribution in [0.4, 0.5) is 5.69 Å². The smallest absolute Gasteiger partial charge is 0.307 e. The third-order valence-electron chi connectivity index (χ3n) is 1.78. The van der Waals surface area contributed by atoms with Gasteiger partial charge in [-0.3, -0.25) is 14.9 Å². The lowest BCUT2D eigenvalue weighted by atomic mass is 10.3. The Balaban J connectivity index is 3.50. The molecule has 0 fully saturated rings. The van der Waals surface area contributed by atoms with Crippen LogP contribution >= 0.6 is 11.6 Å². The maximum absolute atomic E-state index is 11.5. The summed E-state index contributed by atoms with van der Waals surface area (Å²) in [6.45, 7) is 3.53. The summed E-state index contributed by atoms with van der Waals surface area (Å²) < 4.78 is 1.27. The molecule has 0 saturated carbocycles. The van der Waals surface area contributed by atoms with Crippen molar-refractivity contribution in [2.75, 3.05) is 0 Å². The van der Waals surface area contributed by atoms with Crippen LogP contribution in [0.15, 0.2) is 17.1 Å².